The van der Waals surface area contributed by atoms with Crippen LogP contribution in [0.4, 0.5) is 0 Å². The molecule has 0 aliphatic heterocycles. The zero-order valence-electron chi connectivity index (χ0n) is 11.4. The number of H-pyrrole nitrogens is 1. The molecular weight excluding hydrogens is 256 g/mol. The van der Waals surface area contributed by atoms with Crippen molar-refractivity contribution in [2.24, 2.45) is 0 Å². The standard InChI is InChI=1S/C15H16N2O3/c1-17(10-11-6-3-4-8-13(11)20-2)15(19)12-7-5-9-14(18)16-12/h3-9H,10H2,1-2H3,(H,16,18). The minimum Gasteiger partial charge on any atom is -0.496 e. The van der Waals surface area contributed by atoms with Crippen molar-refractivity contribution < 1.29 is 9.53 Å². The fraction of sp³-hybridized carbons (Fsp3) is 0.200. The van der Waals surface area contributed by atoms with E-state index in [0.717, 1.165) is 11.3 Å². The number of ether oxygens (including phenoxy) is 1. The molecule has 1 heterocycles. The average Bonchev–Trinajstić information content (AvgIpc) is 2.47. The summed E-state index contributed by atoms with van der Waals surface area (Å²) in [6.07, 6.45) is 0. The second kappa shape index (κ2) is 6.06. The van der Waals surface area contributed by atoms with E-state index in [1.54, 1.807) is 26.3 Å². The third-order valence-electron chi connectivity index (χ3n) is 2.95. The van der Waals surface area contributed by atoms with Crippen LogP contribution in [-0.4, -0.2) is 29.9 Å². The fourth-order valence-electron chi connectivity index (χ4n) is 1.94. The highest BCUT2D eigenvalue weighted by Crippen LogP contribution is 2.19. The molecule has 2 aromatic rings. The molecule has 0 aliphatic rings. The van der Waals surface area contributed by atoms with E-state index in [-0.39, 0.29) is 17.2 Å². The third kappa shape index (κ3) is 3.06. The number of nitrogens with zero attached hydrogens (tertiary/aromatic N) is 1. The Morgan fingerprint density at radius 3 is 2.65 bits per heavy atom. The number of methoxy groups -OCH3 is 1. The van der Waals surface area contributed by atoms with Crippen LogP contribution in [0.2, 0.25) is 0 Å². The Morgan fingerprint density at radius 1 is 1.20 bits per heavy atom. The van der Waals surface area contributed by atoms with Crippen molar-refractivity contribution in [3.63, 3.8) is 0 Å². The molecule has 1 aromatic carbocycles. The molecule has 5 nitrogen and oxygen atoms in total. The van der Waals surface area contributed by atoms with E-state index in [0.29, 0.717) is 6.54 Å². The number of nitrogens with one attached hydrogen (secondary N) is 1. The van der Waals surface area contributed by atoms with Gasteiger partial charge < -0.3 is 14.6 Å². The van der Waals surface area contributed by atoms with Crippen molar-refractivity contribution >= 4 is 5.91 Å². The van der Waals surface area contributed by atoms with Crippen molar-refractivity contribution in [2.75, 3.05) is 14.2 Å². The Labute approximate surface area is 116 Å². The first-order valence-corrected chi connectivity index (χ1v) is 6.18. The highest BCUT2D eigenvalue weighted by molar-refractivity contribution is 5.92. The van der Waals surface area contributed by atoms with Gasteiger partial charge in [0.25, 0.3) is 5.91 Å². The number of hydrogen-bond acceptors (Lipinski definition) is 3. The predicted molar refractivity (Wildman–Crippen MR) is 75.9 cm³/mol. The lowest BCUT2D eigenvalue weighted by atomic mass is 10.2. The summed E-state index contributed by atoms with van der Waals surface area (Å²) >= 11 is 0. The van der Waals surface area contributed by atoms with Crippen molar-refractivity contribution in [3.8, 4) is 5.75 Å². The van der Waals surface area contributed by atoms with E-state index in [2.05, 4.69) is 4.98 Å². The molecule has 0 unspecified atom stereocenters. The zero-order chi connectivity index (χ0) is 14.5. The number of aromatic nitrogens is 1. The largest absolute Gasteiger partial charge is 0.496 e. The summed E-state index contributed by atoms with van der Waals surface area (Å²) < 4.78 is 5.25. The molecule has 104 valence electrons. The Bertz CT molecular complexity index is 664. The van der Waals surface area contributed by atoms with Gasteiger partial charge in [0.2, 0.25) is 5.56 Å². The summed E-state index contributed by atoms with van der Waals surface area (Å²) in [7, 11) is 3.27. The lowest BCUT2D eigenvalue weighted by Gasteiger charge is -2.18. The van der Waals surface area contributed by atoms with E-state index < -0.39 is 0 Å². The molecule has 0 saturated heterocycles. The minimum absolute atomic E-state index is 0.242. The van der Waals surface area contributed by atoms with E-state index in [4.69, 9.17) is 4.74 Å². The van der Waals surface area contributed by atoms with Crippen LogP contribution in [-0.2, 0) is 6.54 Å². The van der Waals surface area contributed by atoms with Gasteiger partial charge in [-0.25, -0.2) is 0 Å². The van der Waals surface area contributed by atoms with Gasteiger partial charge in [-0.3, -0.25) is 9.59 Å². The predicted octanol–water partition coefficient (Wildman–Crippen LogP) is 1.66. The van der Waals surface area contributed by atoms with Gasteiger partial charge in [-0.2, -0.15) is 0 Å². The summed E-state index contributed by atoms with van der Waals surface area (Å²) in [5.41, 5.74) is 0.889. The van der Waals surface area contributed by atoms with E-state index in [1.807, 2.05) is 24.3 Å². The average molecular weight is 272 g/mol. The number of pyridine rings is 1. The molecule has 0 fully saturated rings. The Kier molecular flexibility index (Phi) is 4.20. The molecule has 0 radical (unpaired) electrons. The summed E-state index contributed by atoms with van der Waals surface area (Å²) in [6.45, 7) is 0.403. The van der Waals surface area contributed by atoms with E-state index in [9.17, 15) is 9.59 Å². The van der Waals surface area contributed by atoms with Crippen LogP contribution in [0, 0.1) is 0 Å². The maximum absolute atomic E-state index is 12.2. The van der Waals surface area contributed by atoms with Crippen LogP contribution in [0.5, 0.6) is 5.75 Å². The van der Waals surface area contributed by atoms with Gasteiger partial charge in [-0.05, 0) is 12.1 Å². The van der Waals surface area contributed by atoms with Crippen LogP contribution in [0.15, 0.2) is 47.3 Å². The number of benzene rings is 1. The number of hydrogen-bond donors (Lipinski definition) is 1. The lowest BCUT2D eigenvalue weighted by Crippen LogP contribution is -2.28. The highest BCUT2D eigenvalue weighted by Gasteiger charge is 2.14. The van der Waals surface area contributed by atoms with Crippen molar-refractivity contribution in [1.29, 1.82) is 0 Å². The maximum atomic E-state index is 12.2. The number of para-hydroxylation sites is 1. The summed E-state index contributed by atoms with van der Waals surface area (Å²) in [5.74, 6) is 0.488. The third-order valence-corrected chi connectivity index (χ3v) is 2.95. The molecule has 0 saturated carbocycles. The number of amides is 1. The number of carbonyl (C=O) groups excluding carboxylic acids is 1. The summed E-state index contributed by atoms with van der Waals surface area (Å²) in [6, 6.07) is 12.0. The van der Waals surface area contributed by atoms with Crippen LogP contribution >= 0.6 is 0 Å². The van der Waals surface area contributed by atoms with Crippen molar-refractivity contribution in [2.45, 2.75) is 6.54 Å². The quantitative estimate of drug-likeness (QED) is 0.920. The molecule has 1 amide bonds. The van der Waals surface area contributed by atoms with E-state index >= 15 is 0 Å². The van der Waals surface area contributed by atoms with Gasteiger partial charge in [-0.1, -0.05) is 24.3 Å². The summed E-state index contributed by atoms with van der Waals surface area (Å²) in [4.78, 5) is 27.5. The number of rotatable bonds is 4. The molecule has 1 aromatic heterocycles. The number of aromatic amines is 1. The maximum Gasteiger partial charge on any atom is 0.270 e. The van der Waals surface area contributed by atoms with E-state index in [1.165, 1.54) is 11.0 Å². The molecule has 5 heteroatoms. The molecular formula is C15H16N2O3. The minimum atomic E-state index is -0.290. The topological polar surface area (TPSA) is 62.4 Å². The van der Waals surface area contributed by atoms with Gasteiger partial charge in [-0.15, -0.1) is 0 Å². The first-order chi connectivity index (χ1) is 9.61. The van der Waals surface area contributed by atoms with Crippen LogP contribution in [0.3, 0.4) is 0 Å². The van der Waals surface area contributed by atoms with Crippen molar-refractivity contribution in [1.82, 2.24) is 9.88 Å². The van der Waals surface area contributed by atoms with Crippen LogP contribution < -0.4 is 10.3 Å². The smallest absolute Gasteiger partial charge is 0.270 e. The first-order valence-electron chi connectivity index (χ1n) is 6.18. The second-order valence-electron chi connectivity index (χ2n) is 4.40. The van der Waals surface area contributed by atoms with Gasteiger partial charge in [0.1, 0.15) is 11.4 Å². The summed E-state index contributed by atoms with van der Waals surface area (Å²) in [5, 5.41) is 0. The molecule has 20 heavy (non-hydrogen) atoms. The fourth-order valence-corrected chi connectivity index (χ4v) is 1.94. The highest BCUT2D eigenvalue weighted by atomic mass is 16.5. The number of carbonyl (C=O) groups is 1. The zero-order valence-corrected chi connectivity index (χ0v) is 11.4. The molecule has 0 atom stereocenters. The van der Waals surface area contributed by atoms with Gasteiger partial charge in [0, 0.05) is 25.2 Å². The van der Waals surface area contributed by atoms with Crippen LogP contribution in [0.1, 0.15) is 16.1 Å². The Balaban J connectivity index is 2.17. The van der Waals surface area contributed by atoms with Gasteiger partial charge in [0.05, 0.1) is 7.11 Å². The lowest BCUT2D eigenvalue weighted by molar-refractivity contribution is 0.0778. The van der Waals surface area contributed by atoms with Gasteiger partial charge >= 0.3 is 0 Å². The molecule has 0 aliphatic carbocycles. The monoisotopic (exact) mass is 272 g/mol. The Morgan fingerprint density at radius 2 is 1.95 bits per heavy atom. The molecule has 1 N–H and O–H groups in total. The molecule has 0 bridgehead atoms. The van der Waals surface area contributed by atoms with Crippen LogP contribution in [0.25, 0.3) is 0 Å². The van der Waals surface area contributed by atoms with Gasteiger partial charge in [0.15, 0.2) is 0 Å². The van der Waals surface area contributed by atoms with Crippen molar-refractivity contribution in [3.05, 3.63) is 64.1 Å². The normalized spacial score (nSPS) is 10.1. The SMILES string of the molecule is COc1ccccc1CN(C)C(=O)c1cccc(=O)[nH]1. The molecule has 2 rings (SSSR count). The Hall–Kier alpha value is -2.56. The second-order valence-corrected chi connectivity index (χ2v) is 4.40. The molecule has 0 spiro atoms. The first kappa shape index (κ1) is 13.9.